The Morgan fingerprint density at radius 1 is 1.12 bits per heavy atom. The standard InChI is InChI=1S/C18H18ClN3OS/c1-11-3-4-13(12(2)9-11)14-10-24-17-15(14)16(20-18(19)21-17)22-5-7-23-8-6-22/h3-4,9-10H,5-8H2,1-2H3. The van der Waals surface area contributed by atoms with Crippen LogP contribution in [0.1, 0.15) is 11.1 Å². The zero-order valence-electron chi connectivity index (χ0n) is 13.7. The van der Waals surface area contributed by atoms with E-state index in [0.717, 1.165) is 29.1 Å². The lowest BCUT2D eigenvalue weighted by Crippen LogP contribution is -2.37. The predicted molar refractivity (Wildman–Crippen MR) is 100 cm³/mol. The van der Waals surface area contributed by atoms with Crippen LogP contribution in [0.5, 0.6) is 0 Å². The largest absolute Gasteiger partial charge is 0.378 e. The van der Waals surface area contributed by atoms with E-state index in [9.17, 15) is 0 Å². The fourth-order valence-electron chi connectivity index (χ4n) is 3.22. The molecular formula is C18H18ClN3OS. The van der Waals surface area contributed by atoms with Crippen LogP contribution in [0.3, 0.4) is 0 Å². The summed E-state index contributed by atoms with van der Waals surface area (Å²) in [5.74, 6) is 0.921. The van der Waals surface area contributed by atoms with Crippen molar-refractivity contribution in [3.05, 3.63) is 40.0 Å². The molecule has 24 heavy (non-hydrogen) atoms. The van der Waals surface area contributed by atoms with Crippen molar-refractivity contribution >= 4 is 39.0 Å². The van der Waals surface area contributed by atoms with Gasteiger partial charge in [0, 0.05) is 24.0 Å². The molecule has 0 radical (unpaired) electrons. The zero-order chi connectivity index (χ0) is 16.7. The fraction of sp³-hybridized carbons (Fsp3) is 0.333. The number of thiophene rings is 1. The maximum Gasteiger partial charge on any atom is 0.225 e. The minimum absolute atomic E-state index is 0.304. The molecule has 3 heterocycles. The van der Waals surface area contributed by atoms with Gasteiger partial charge in [-0.05, 0) is 36.6 Å². The molecular weight excluding hydrogens is 342 g/mol. The third-order valence-corrected chi connectivity index (χ3v) is 5.41. The summed E-state index contributed by atoms with van der Waals surface area (Å²) in [7, 11) is 0. The molecule has 124 valence electrons. The minimum atomic E-state index is 0.304. The van der Waals surface area contributed by atoms with E-state index in [0.29, 0.717) is 18.5 Å². The molecule has 6 heteroatoms. The first-order chi connectivity index (χ1) is 11.6. The first-order valence-electron chi connectivity index (χ1n) is 7.98. The Kier molecular flexibility index (Phi) is 4.16. The third-order valence-electron chi connectivity index (χ3n) is 4.37. The number of aromatic nitrogens is 2. The SMILES string of the molecule is Cc1ccc(-c2csc3nc(Cl)nc(N4CCOCC4)c23)c(C)c1. The van der Waals surface area contributed by atoms with Gasteiger partial charge in [0.1, 0.15) is 10.6 Å². The summed E-state index contributed by atoms with van der Waals surface area (Å²) in [6.07, 6.45) is 0. The van der Waals surface area contributed by atoms with Crippen molar-refractivity contribution in [2.75, 3.05) is 31.2 Å². The highest BCUT2D eigenvalue weighted by Gasteiger charge is 2.21. The molecule has 1 saturated heterocycles. The van der Waals surface area contributed by atoms with Gasteiger partial charge in [0.15, 0.2) is 0 Å². The maximum atomic E-state index is 6.18. The highest BCUT2D eigenvalue weighted by atomic mass is 35.5. The van der Waals surface area contributed by atoms with Crippen LogP contribution in [0.25, 0.3) is 21.3 Å². The van der Waals surface area contributed by atoms with Crippen LogP contribution in [0.4, 0.5) is 5.82 Å². The summed E-state index contributed by atoms with van der Waals surface area (Å²) < 4.78 is 5.48. The molecule has 4 nitrogen and oxygen atoms in total. The zero-order valence-corrected chi connectivity index (χ0v) is 15.2. The van der Waals surface area contributed by atoms with Crippen LogP contribution in [0.15, 0.2) is 23.6 Å². The van der Waals surface area contributed by atoms with Crippen molar-refractivity contribution in [1.82, 2.24) is 9.97 Å². The second-order valence-corrected chi connectivity index (χ2v) is 7.26. The molecule has 1 aliphatic heterocycles. The summed E-state index contributed by atoms with van der Waals surface area (Å²) in [6, 6.07) is 6.55. The van der Waals surface area contributed by atoms with Gasteiger partial charge >= 0.3 is 0 Å². The Labute approximate surface area is 150 Å². The van der Waals surface area contributed by atoms with E-state index >= 15 is 0 Å². The van der Waals surface area contributed by atoms with E-state index in [1.54, 1.807) is 11.3 Å². The number of anilines is 1. The van der Waals surface area contributed by atoms with E-state index in [4.69, 9.17) is 16.3 Å². The van der Waals surface area contributed by atoms with E-state index in [2.05, 4.69) is 52.3 Å². The average molecular weight is 360 g/mol. The molecule has 1 fully saturated rings. The van der Waals surface area contributed by atoms with Gasteiger partial charge in [-0.15, -0.1) is 11.3 Å². The molecule has 1 aliphatic rings. The van der Waals surface area contributed by atoms with Crippen molar-refractivity contribution < 1.29 is 4.74 Å². The van der Waals surface area contributed by atoms with Crippen molar-refractivity contribution in [3.8, 4) is 11.1 Å². The van der Waals surface area contributed by atoms with Crippen LogP contribution in [-0.4, -0.2) is 36.3 Å². The van der Waals surface area contributed by atoms with Gasteiger partial charge in [-0.2, -0.15) is 4.98 Å². The number of morpholine rings is 1. The van der Waals surface area contributed by atoms with Crippen LogP contribution >= 0.6 is 22.9 Å². The monoisotopic (exact) mass is 359 g/mol. The number of benzene rings is 1. The van der Waals surface area contributed by atoms with E-state index < -0.39 is 0 Å². The number of hydrogen-bond donors (Lipinski definition) is 0. The smallest absolute Gasteiger partial charge is 0.225 e. The second-order valence-electron chi connectivity index (χ2n) is 6.06. The molecule has 0 bridgehead atoms. The Morgan fingerprint density at radius 2 is 1.92 bits per heavy atom. The maximum absolute atomic E-state index is 6.18. The topological polar surface area (TPSA) is 38.2 Å². The fourth-order valence-corrected chi connectivity index (χ4v) is 4.36. The van der Waals surface area contributed by atoms with Gasteiger partial charge in [0.2, 0.25) is 5.28 Å². The number of rotatable bonds is 2. The minimum Gasteiger partial charge on any atom is -0.378 e. The van der Waals surface area contributed by atoms with E-state index in [1.165, 1.54) is 22.3 Å². The number of aryl methyl sites for hydroxylation is 2. The van der Waals surface area contributed by atoms with Gasteiger partial charge in [-0.3, -0.25) is 0 Å². The number of ether oxygens (including phenoxy) is 1. The molecule has 0 saturated carbocycles. The first-order valence-corrected chi connectivity index (χ1v) is 9.24. The van der Waals surface area contributed by atoms with Gasteiger partial charge in [-0.1, -0.05) is 23.8 Å². The highest BCUT2D eigenvalue weighted by molar-refractivity contribution is 7.17. The highest BCUT2D eigenvalue weighted by Crippen LogP contribution is 2.40. The molecule has 0 unspecified atom stereocenters. The van der Waals surface area contributed by atoms with E-state index in [1.807, 2.05) is 0 Å². The van der Waals surface area contributed by atoms with Gasteiger partial charge < -0.3 is 9.64 Å². The van der Waals surface area contributed by atoms with Crippen molar-refractivity contribution in [2.24, 2.45) is 0 Å². The molecule has 0 aliphatic carbocycles. The summed E-state index contributed by atoms with van der Waals surface area (Å²) in [6.45, 7) is 7.34. The Bertz CT molecular complexity index is 903. The molecule has 3 aromatic rings. The van der Waals surface area contributed by atoms with Gasteiger partial charge in [-0.25, -0.2) is 4.98 Å². The van der Waals surface area contributed by atoms with Crippen LogP contribution < -0.4 is 4.90 Å². The third kappa shape index (κ3) is 2.77. The average Bonchev–Trinajstić information content (AvgIpc) is 2.98. The summed E-state index contributed by atoms with van der Waals surface area (Å²) in [5, 5.41) is 3.56. The first kappa shape index (κ1) is 15.8. The number of hydrogen-bond acceptors (Lipinski definition) is 5. The molecule has 0 N–H and O–H groups in total. The summed E-state index contributed by atoms with van der Waals surface area (Å²) in [4.78, 5) is 12.2. The van der Waals surface area contributed by atoms with Crippen molar-refractivity contribution in [3.63, 3.8) is 0 Å². The number of halogens is 1. The van der Waals surface area contributed by atoms with Crippen LogP contribution in [-0.2, 0) is 4.74 Å². The molecule has 0 spiro atoms. The Morgan fingerprint density at radius 3 is 2.67 bits per heavy atom. The van der Waals surface area contributed by atoms with Crippen LogP contribution in [0.2, 0.25) is 5.28 Å². The Balaban J connectivity index is 1.93. The molecule has 1 aromatic carbocycles. The molecule has 4 rings (SSSR count). The number of fused-ring (bicyclic) bond motifs is 1. The molecule has 2 aromatic heterocycles. The second kappa shape index (κ2) is 6.31. The lowest BCUT2D eigenvalue weighted by atomic mass is 9.99. The molecule has 0 atom stereocenters. The lowest BCUT2D eigenvalue weighted by molar-refractivity contribution is 0.122. The van der Waals surface area contributed by atoms with Crippen molar-refractivity contribution in [2.45, 2.75) is 13.8 Å². The van der Waals surface area contributed by atoms with E-state index in [-0.39, 0.29) is 0 Å². The van der Waals surface area contributed by atoms with Crippen molar-refractivity contribution in [1.29, 1.82) is 0 Å². The Hall–Kier alpha value is -1.69. The summed E-state index contributed by atoms with van der Waals surface area (Å²) in [5.41, 5.74) is 4.94. The predicted octanol–water partition coefficient (Wildman–Crippen LogP) is 4.47. The quantitative estimate of drug-likeness (QED) is 0.633. The van der Waals surface area contributed by atoms with Gasteiger partial charge in [0.25, 0.3) is 0 Å². The molecule has 0 amide bonds. The van der Waals surface area contributed by atoms with Crippen LogP contribution in [0, 0.1) is 13.8 Å². The number of nitrogens with zero attached hydrogens (tertiary/aromatic N) is 3. The lowest BCUT2D eigenvalue weighted by Gasteiger charge is -2.28. The summed E-state index contributed by atoms with van der Waals surface area (Å²) >= 11 is 7.80. The van der Waals surface area contributed by atoms with Gasteiger partial charge in [0.05, 0.1) is 18.6 Å². The normalized spacial score (nSPS) is 15.2.